The zero-order chi connectivity index (χ0) is 23.5. The first kappa shape index (κ1) is 27.0. The fourth-order valence-corrected chi connectivity index (χ4v) is 5.64. The molecule has 0 spiro atoms. The van der Waals surface area contributed by atoms with E-state index in [2.05, 4.69) is 13.0 Å². The average molecular weight is 487 g/mol. The van der Waals surface area contributed by atoms with E-state index in [4.69, 9.17) is 21.4 Å². The standard InChI is InChI=1S/C24H35ClO6S/c1-2-5-16(10-11-23(29)30)6-3-9-20-21(27)13-22(28)24(20)32-15-18(26)14-31-19-8-4-7-17(25)12-19/h3-4,6-8,12,16,18,20-22,24,26-28H,2,5,9-11,13-15H2,1H3,(H,29,30). The van der Waals surface area contributed by atoms with Crippen LogP contribution in [0.5, 0.6) is 5.75 Å². The summed E-state index contributed by atoms with van der Waals surface area (Å²) in [5.41, 5.74) is 0. The topological polar surface area (TPSA) is 107 Å². The highest BCUT2D eigenvalue weighted by atomic mass is 35.5. The Balaban J connectivity index is 1.84. The summed E-state index contributed by atoms with van der Waals surface area (Å²) in [6.45, 7) is 2.19. The fraction of sp³-hybridized carbons (Fsp3) is 0.625. The average Bonchev–Trinajstić information content (AvgIpc) is 3.01. The molecular formula is C24H35ClO6S. The van der Waals surface area contributed by atoms with Crippen LogP contribution in [-0.2, 0) is 4.79 Å². The number of hydrogen-bond donors (Lipinski definition) is 4. The van der Waals surface area contributed by atoms with Crippen LogP contribution in [0.15, 0.2) is 36.4 Å². The Morgan fingerprint density at radius 2 is 2.09 bits per heavy atom. The second-order valence-corrected chi connectivity index (χ2v) is 10.0. The van der Waals surface area contributed by atoms with Gasteiger partial charge in [-0.15, -0.1) is 0 Å². The van der Waals surface area contributed by atoms with Gasteiger partial charge in [-0.1, -0.05) is 43.2 Å². The summed E-state index contributed by atoms with van der Waals surface area (Å²) >= 11 is 7.39. The van der Waals surface area contributed by atoms with E-state index in [0.29, 0.717) is 35.8 Å². The Hall–Kier alpha value is -1.25. The molecular weight excluding hydrogens is 452 g/mol. The van der Waals surface area contributed by atoms with E-state index < -0.39 is 24.3 Å². The molecule has 0 heterocycles. The van der Waals surface area contributed by atoms with Gasteiger partial charge in [0, 0.05) is 34.8 Å². The van der Waals surface area contributed by atoms with E-state index in [9.17, 15) is 20.1 Å². The maximum atomic E-state index is 10.9. The zero-order valence-electron chi connectivity index (χ0n) is 18.5. The number of aliphatic carboxylic acids is 1. The van der Waals surface area contributed by atoms with Crippen LogP contribution < -0.4 is 4.74 Å². The van der Waals surface area contributed by atoms with Gasteiger partial charge in [-0.25, -0.2) is 0 Å². The van der Waals surface area contributed by atoms with E-state index in [1.54, 1.807) is 24.3 Å². The molecule has 1 aliphatic carbocycles. The fourth-order valence-electron chi connectivity index (χ4n) is 4.05. The number of aliphatic hydroxyl groups is 3. The summed E-state index contributed by atoms with van der Waals surface area (Å²) in [7, 11) is 0. The minimum Gasteiger partial charge on any atom is -0.491 e. The molecule has 0 radical (unpaired) electrons. The molecule has 0 bridgehead atoms. The first-order valence-corrected chi connectivity index (χ1v) is 12.6. The van der Waals surface area contributed by atoms with Crippen molar-refractivity contribution in [2.75, 3.05) is 12.4 Å². The molecule has 8 heteroatoms. The Kier molecular flexibility index (Phi) is 11.9. The second-order valence-electron chi connectivity index (χ2n) is 8.40. The number of hydrogen-bond acceptors (Lipinski definition) is 6. The smallest absolute Gasteiger partial charge is 0.303 e. The van der Waals surface area contributed by atoms with Crippen molar-refractivity contribution in [1.29, 1.82) is 0 Å². The van der Waals surface area contributed by atoms with Gasteiger partial charge >= 0.3 is 5.97 Å². The van der Waals surface area contributed by atoms with Gasteiger partial charge in [0.15, 0.2) is 0 Å². The van der Waals surface area contributed by atoms with Crippen LogP contribution in [0.25, 0.3) is 0 Å². The molecule has 1 saturated carbocycles. The van der Waals surface area contributed by atoms with Gasteiger partial charge in [-0.05, 0) is 43.4 Å². The molecule has 32 heavy (non-hydrogen) atoms. The van der Waals surface area contributed by atoms with Crippen LogP contribution in [-0.4, -0.2) is 62.3 Å². The van der Waals surface area contributed by atoms with Crippen LogP contribution in [0.1, 0.15) is 45.4 Å². The minimum absolute atomic E-state index is 0.117. The van der Waals surface area contributed by atoms with Crippen molar-refractivity contribution < 1.29 is 30.0 Å². The maximum absolute atomic E-state index is 10.9. The number of thioether (sulfide) groups is 1. The molecule has 1 aliphatic rings. The predicted molar refractivity (Wildman–Crippen MR) is 128 cm³/mol. The number of aliphatic hydroxyl groups excluding tert-OH is 3. The molecule has 6 atom stereocenters. The number of ether oxygens (including phenoxy) is 1. The molecule has 6 nitrogen and oxygen atoms in total. The van der Waals surface area contributed by atoms with Crippen LogP contribution in [0, 0.1) is 11.8 Å². The van der Waals surface area contributed by atoms with E-state index in [0.717, 1.165) is 12.8 Å². The lowest BCUT2D eigenvalue weighted by Gasteiger charge is -2.23. The van der Waals surface area contributed by atoms with Crippen molar-refractivity contribution in [3.63, 3.8) is 0 Å². The van der Waals surface area contributed by atoms with Crippen LogP contribution in [0.4, 0.5) is 0 Å². The Labute approximate surface area is 199 Å². The lowest BCUT2D eigenvalue weighted by atomic mass is 9.95. The number of halogens is 1. The number of carboxylic acids is 1. The van der Waals surface area contributed by atoms with E-state index in [-0.39, 0.29) is 30.1 Å². The zero-order valence-corrected chi connectivity index (χ0v) is 20.0. The molecule has 0 amide bonds. The molecule has 2 rings (SSSR count). The largest absolute Gasteiger partial charge is 0.491 e. The Morgan fingerprint density at radius 1 is 1.31 bits per heavy atom. The summed E-state index contributed by atoms with van der Waals surface area (Å²) in [6.07, 6.45) is 5.71. The lowest BCUT2D eigenvalue weighted by molar-refractivity contribution is -0.137. The monoisotopic (exact) mass is 486 g/mol. The third kappa shape index (κ3) is 9.32. The van der Waals surface area contributed by atoms with Crippen LogP contribution in [0.3, 0.4) is 0 Å². The molecule has 1 aromatic rings. The summed E-state index contributed by atoms with van der Waals surface area (Å²) in [5.74, 6) is 0.269. The van der Waals surface area contributed by atoms with E-state index >= 15 is 0 Å². The Morgan fingerprint density at radius 3 is 2.78 bits per heavy atom. The van der Waals surface area contributed by atoms with Crippen molar-refractivity contribution in [1.82, 2.24) is 0 Å². The molecule has 0 aromatic heterocycles. The van der Waals surface area contributed by atoms with Gasteiger partial charge in [-0.3, -0.25) is 4.79 Å². The summed E-state index contributed by atoms with van der Waals surface area (Å²) in [6, 6.07) is 6.98. The number of benzene rings is 1. The van der Waals surface area contributed by atoms with E-state index in [1.165, 1.54) is 11.8 Å². The van der Waals surface area contributed by atoms with Gasteiger partial charge in [0.25, 0.3) is 0 Å². The molecule has 6 unspecified atom stereocenters. The van der Waals surface area contributed by atoms with Crippen molar-refractivity contribution in [2.45, 2.75) is 69.0 Å². The quantitative estimate of drug-likeness (QED) is 0.292. The second kappa shape index (κ2) is 14.1. The SMILES string of the molecule is CCCC(C=CCC1C(O)CC(O)C1SCC(O)COc1cccc(Cl)c1)CCC(=O)O. The van der Waals surface area contributed by atoms with Gasteiger partial charge < -0.3 is 25.2 Å². The van der Waals surface area contributed by atoms with E-state index in [1.807, 2.05) is 6.08 Å². The van der Waals surface area contributed by atoms with Gasteiger partial charge in [0.05, 0.1) is 18.3 Å². The van der Waals surface area contributed by atoms with Crippen molar-refractivity contribution in [2.24, 2.45) is 11.8 Å². The number of carbonyl (C=O) groups is 1. The van der Waals surface area contributed by atoms with Crippen LogP contribution in [0.2, 0.25) is 5.02 Å². The summed E-state index contributed by atoms with van der Waals surface area (Å²) in [4.78, 5) is 10.9. The third-order valence-electron chi connectivity index (χ3n) is 5.70. The van der Waals surface area contributed by atoms with Gasteiger partial charge in [0.1, 0.15) is 12.4 Å². The number of carboxylic acid groups (broad SMARTS) is 1. The normalized spacial score (nSPS) is 25.2. The highest BCUT2D eigenvalue weighted by molar-refractivity contribution is 8.00. The van der Waals surface area contributed by atoms with Crippen molar-refractivity contribution in [3.8, 4) is 5.75 Å². The van der Waals surface area contributed by atoms with Crippen LogP contribution >= 0.6 is 23.4 Å². The van der Waals surface area contributed by atoms with Crippen molar-refractivity contribution in [3.05, 3.63) is 41.4 Å². The third-order valence-corrected chi connectivity index (χ3v) is 7.56. The predicted octanol–water partition coefficient (Wildman–Crippen LogP) is 4.15. The maximum Gasteiger partial charge on any atom is 0.303 e. The summed E-state index contributed by atoms with van der Waals surface area (Å²) < 4.78 is 5.58. The minimum atomic E-state index is -0.789. The molecule has 4 N–H and O–H groups in total. The highest BCUT2D eigenvalue weighted by Crippen LogP contribution is 2.38. The Bertz CT molecular complexity index is 730. The first-order chi connectivity index (χ1) is 15.3. The lowest BCUT2D eigenvalue weighted by Crippen LogP contribution is -2.28. The molecule has 0 saturated heterocycles. The number of allylic oxidation sites excluding steroid dienone is 2. The molecule has 0 aliphatic heterocycles. The molecule has 1 aromatic carbocycles. The summed E-state index contributed by atoms with van der Waals surface area (Å²) in [5, 5.41) is 40.5. The van der Waals surface area contributed by atoms with Gasteiger partial charge in [0.2, 0.25) is 0 Å². The van der Waals surface area contributed by atoms with Crippen molar-refractivity contribution >= 4 is 29.3 Å². The molecule has 1 fully saturated rings. The number of rotatable bonds is 14. The highest BCUT2D eigenvalue weighted by Gasteiger charge is 2.41. The van der Waals surface area contributed by atoms with Gasteiger partial charge in [-0.2, -0.15) is 11.8 Å². The molecule has 180 valence electrons. The first-order valence-electron chi connectivity index (χ1n) is 11.2.